The van der Waals surface area contributed by atoms with Gasteiger partial charge in [0.15, 0.2) is 0 Å². The van der Waals surface area contributed by atoms with Crippen molar-refractivity contribution in [2.45, 2.75) is 13.3 Å². The van der Waals surface area contributed by atoms with Gasteiger partial charge in [-0.15, -0.1) is 0 Å². The number of ether oxygens (including phenoxy) is 1. The maximum absolute atomic E-state index is 12.6. The van der Waals surface area contributed by atoms with Crippen LogP contribution in [0, 0.1) is 23.7 Å². The Bertz CT molecular complexity index is 814. The lowest BCUT2D eigenvalue weighted by atomic mass is 9.85. The molecular weight excluding hydrogens is 348 g/mol. The molecule has 0 spiro atoms. The van der Waals surface area contributed by atoms with Crippen LogP contribution in [0.4, 0.5) is 5.69 Å². The maximum Gasteiger partial charge on any atom is 0.338 e. The zero-order chi connectivity index (χ0) is 19.1. The van der Waals surface area contributed by atoms with Crippen LogP contribution in [0.3, 0.4) is 0 Å². The topological polar surface area (TPSA) is 92.8 Å². The minimum atomic E-state index is -0.444. The SMILES string of the molecule is CCOC(=O)c1ccc(NC(=O)CN2C(=O)[C@@H]3[C@H](C2=O)[C@H]2C=C[C@H]3C2)cc1. The molecule has 1 aromatic rings. The summed E-state index contributed by atoms with van der Waals surface area (Å²) in [5.41, 5.74) is 0.865. The van der Waals surface area contributed by atoms with E-state index >= 15 is 0 Å². The number of nitrogens with one attached hydrogen (secondary N) is 1. The number of amides is 3. The molecule has 7 nitrogen and oxygen atoms in total. The number of hydrogen-bond acceptors (Lipinski definition) is 5. The van der Waals surface area contributed by atoms with Crippen LogP contribution in [0.25, 0.3) is 0 Å². The number of imide groups is 1. The van der Waals surface area contributed by atoms with Crippen molar-refractivity contribution in [1.29, 1.82) is 0 Å². The van der Waals surface area contributed by atoms with Gasteiger partial charge in [-0.1, -0.05) is 12.2 Å². The monoisotopic (exact) mass is 368 g/mol. The second-order valence-electron chi connectivity index (χ2n) is 7.11. The number of benzene rings is 1. The van der Waals surface area contributed by atoms with E-state index in [2.05, 4.69) is 5.32 Å². The van der Waals surface area contributed by atoms with Crippen LogP contribution in [0.1, 0.15) is 23.7 Å². The Labute approximate surface area is 156 Å². The first-order valence-corrected chi connectivity index (χ1v) is 9.10. The highest BCUT2D eigenvalue weighted by molar-refractivity contribution is 6.09. The summed E-state index contributed by atoms with van der Waals surface area (Å²) < 4.78 is 4.91. The third kappa shape index (κ3) is 2.93. The molecule has 4 rings (SSSR count). The first-order valence-electron chi connectivity index (χ1n) is 9.10. The van der Waals surface area contributed by atoms with Crippen LogP contribution in [-0.2, 0) is 19.1 Å². The summed E-state index contributed by atoms with van der Waals surface area (Å²) in [5.74, 6) is -1.71. The van der Waals surface area contributed by atoms with Gasteiger partial charge in [-0.25, -0.2) is 4.79 Å². The Kier molecular flexibility index (Phi) is 4.30. The van der Waals surface area contributed by atoms with Gasteiger partial charge in [0.1, 0.15) is 6.54 Å². The lowest BCUT2D eigenvalue weighted by molar-refractivity contribution is -0.143. The number of esters is 1. The normalized spacial score (nSPS) is 27.8. The van der Waals surface area contributed by atoms with Gasteiger partial charge >= 0.3 is 5.97 Å². The third-order valence-electron chi connectivity index (χ3n) is 5.54. The van der Waals surface area contributed by atoms with Gasteiger partial charge in [0, 0.05) is 5.69 Å². The first kappa shape index (κ1) is 17.5. The van der Waals surface area contributed by atoms with Gasteiger partial charge in [-0.05, 0) is 49.4 Å². The van der Waals surface area contributed by atoms with E-state index in [1.807, 2.05) is 12.2 Å². The zero-order valence-electron chi connectivity index (χ0n) is 14.9. The Morgan fingerprint density at radius 3 is 2.22 bits per heavy atom. The molecule has 0 unspecified atom stereocenters. The number of rotatable bonds is 5. The number of hydrogen-bond donors (Lipinski definition) is 1. The van der Waals surface area contributed by atoms with Crippen molar-refractivity contribution in [2.75, 3.05) is 18.5 Å². The fraction of sp³-hybridized carbons (Fsp3) is 0.400. The summed E-state index contributed by atoms with van der Waals surface area (Å²) in [5, 5.41) is 2.66. The molecule has 1 aliphatic heterocycles. The summed E-state index contributed by atoms with van der Waals surface area (Å²) >= 11 is 0. The van der Waals surface area contributed by atoms with Crippen molar-refractivity contribution in [1.82, 2.24) is 4.90 Å². The number of anilines is 1. The summed E-state index contributed by atoms with van der Waals surface area (Å²) in [4.78, 5) is 50.2. The molecule has 1 saturated heterocycles. The van der Waals surface area contributed by atoms with Crippen molar-refractivity contribution < 1.29 is 23.9 Å². The van der Waals surface area contributed by atoms with Crippen LogP contribution in [0.5, 0.6) is 0 Å². The minimum Gasteiger partial charge on any atom is -0.462 e. The number of likely N-dealkylation sites (tertiary alicyclic amines) is 1. The Hall–Kier alpha value is -2.96. The largest absolute Gasteiger partial charge is 0.462 e. The average Bonchev–Trinajstić information content (AvgIpc) is 3.32. The second kappa shape index (κ2) is 6.64. The van der Waals surface area contributed by atoms with Crippen molar-refractivity contribution >= 4 is 29.4 Å². The molecule has 1 aromatic carbocycles. The van der Waals surface area contributed by atoms with Crippen LogP contribution in [-0.4, -0.2) is 41.7 Å². The quantitative estimate of drug-likeness (QED) is 0.484. The smallest absolute Gasteiger partial charge is 0.338 e. The zero-order valence-corrected chi connectivity index (χ0v) is 14.9. The van der Waals surface area contributed by atoms with Gasteiger partial charge in [-0.2, -0.15) is 0 Å². The summed E-state index contributed by atoms with van der Waals surface area (Å²) in [7, 11) is 0. The molecule has 140 valence electrons. The molecule has 7 heteroatoms. The molecule has 1 saturated carbocycles. The van der Waals surface area contributed by atoms with Crippen LogP contribution < -0.4 is 5.32 Å². The standard InChI is InChI=1S/C20H20N2O5/c1-2-27-20(26)11-5-7-14(8-6-11)21-15(23)10-22-18(24)16-12-3-4-13(9-12)17(16)19(22)25/h3-8,12-13,16-17H,2,9-10H2,1H3,(H,21,23)/t12-,13-,16-,17+/m0/s1. The molecule has 0 radical (unpaired) electrons. The molecule has 27 heavy (non-hydrogen) atoms. The highest BCUT2D eigenvalue weighted by atomic mass is 16.5. The van der Waals surface area contributed by atoms with Crippen molar-refractivity contribution in [2.24, 2.45) is 23.7 Å². The summed E-state index contributed by atoms with van der Waals surface area (Å²) in [6, 6.07) is 6.26. The number of fused-ring (bicyclic) bond motifs is 5. The fourth-order valence-corrected chi connectivity index (χ4v) is 4.37. The van der Waals surface area contributed by atoms with E-state index in [-0.39, 0.29) is 48.6 Å². The van der Waals surface area contributed by atoms with Crippen molar-refractivity contribution in [3.8, 4) is 0 Å². The van der Waals surface area contributed by atoms with Gasteiger partial charge in [-0.3, -0.25) is 19.3 Å². The fourth-order valence-electron chi connectivity index (χ4n) is 4.37. The third-order valence-corrected chi connectivity index (χ3v) is 5.54. The Morgan fingerprint density at radius 1 is 1.07 bits per heavy atom. The van der Waals surface area contributed by atoms with Gasteiger partial charge in [0.25, 0.3) is 0 Å². The van der Waals surface area contributed by atoms with E-state index in [0.29, 0.717) is 11.3 Å². The summed E-state index contributed by atoms with van der Waals surface area (Å²) in [6.07, 6.45) is 4.90. The van der Waals surface area contributed by atoms with Crippen LogP contribution in [0.15, 0.2) is 36.4 Å². The second-order valence-corrected chi connectivity index (χ2v) is 7.11. The van der Waals surface area contributed by atoms with Crippen molar-refractivity contribution in [3.05, 3.63) is 42.0 Å². The minimum absolute atomic E-state index is 0.125. The Morgan fingerprint density at radius 2 is 1.67 bits per heavy atom. The highest BCUT2D eigenvalue weighted by Gasteiger charge is 2.59. The molecule has 2 aliphatic carbocycles. The van der Waals surface area contributed by atoms with E-state index in [9.17, 15) is 19.2 Å². The molecule has 3 amide bonds. The molecule has 4 atom stereocenters. The molecule has 1 N–H and O–H groups in total. The van der Waals surface area contributed by atoms with E-state index in [0.717, 1.165) is 11.3 Å². The van der Waals surface area contributed by atoms with Crippen LogP contribution >= 0.6 is 0 Å². The number of carbonyl (C=O) groups is 4. The van der Waals surface area contributed by atoms with E-state index < -0.39 is 11.9 Å². The van der Waals surface area contributed by atoms with Crippen molar-refractivity contribution in [3.63, 3.8) is 0 Å². The predicted octanol–water partition coefficient (Wildman–Crippen LogP) is 1.61. The molecule has 2 bridgehead atoms. The van der Waals surface area contributed by atoms with Gasteiger partial charge < -0.3 is 10.1 Å². The molecular formula is C20H20N2O5. The van der Waals surface area contributed by atoms with E-state index in [1.165, 1.54) is 0 Å². The predicted molar refractivity (Wildman–Crippen MR) is 95.5 cm³/mol. The van der Waals surface area contributed by atoms with E-state index in [4.69, 9.17) is 4.74 Å². The van der Waals surface area contributed by atoms with Crippen LogP contribution in [0.2, 0.25) is 0 Å². The molecule has 1 heterocycles. The molecule has 2 fully saturated rings. The lowest BCUT2D eigenvalue weighted by Crippen LogP contribution is -2.39. The van der Waals surface area contributed by atoms with Gasteiger partial charge in [0.05, 0.1) is 24.0 Å². The molecule has 0 aromatic heterocycles. The molecule has 3 aliphatic rings. The highest BCUT2D eigenvalue weighted by Crippen LogP contribution is 2.52. The Balaban J connectivity index is 1.38. The maximum atomic E-state index is 12.6. The number of nitrogens with zero attached hydrogens (tertiary/aromatic N) is 1. The lowest BCUT2D eigenvalue weighted by Gasteiger charge is -2.16. The van der Waals surface area contributed by atoms with Gasteiger partial charge in [0.2, 0.25) is 17.7 Å². The first-order chi connectivity index (χ1) is 13.0. The number of carbonyl (C=O) groups excluding carboxylic acids is 4. The summed E-state index contributed by atoms with van der Waals surface area (Å²) in [6.45, 7) is 1.72. The van der Waals surface area contributed by atoms with E-state index in [1.54, 1.807) is 31.2 Å². The number of allylic oxidation sites excluding steroid dienone is 2. The average molecular weight is 368 g/mol.